The average molecular weight is 388 g/mol. The fourth-order valence-corrected chi connectivity index (χ4v) is 4.20. The third-order valence-electron chi connectivity index (χ3n) is 5.20. The standard InChI is InChI=1S/C18H18ClN5O3/c19-12-8-24(17-11(12)4-3-7-21-17)18(5-1-2-6-18)10-23-9-13(25)15(26)14(22-23)16(20)27/h3-4,7-9,25H,1-2,5-6,10H2,(H2,20,27). The number of nitrogens with two attached hydrogens (primary N) is 1. The van der Waals surface area contributed by atoms with E-state index in [1.807, 2.05) is 18.3 Å². The Hall–Kier alpha value is -2.87. The quantitative estimate of drug-likeness (QED) is 0.710. The van der Waals surface area contributed by atoms with Crippen LogP contribution in [0.15, 0.2) is 35.5 Å². The third kappa shape index (κ3) is 2.86. The van der Waals surface area contributed by atoms with Crippen LogP contribution in [-0.4, -0.2) is 30.3 Å². The van der Waals surface area contributed by atoms with Crippen LogP contribution in [0.1, 0.15) is 36.2 Å². The van der Waals surface area contributed by atoms with Crippen LogP contribution in [0.25, 0.3) is 11.0 Å². The Morgan fingerprint density at radius 2 is 2.07 bits per heavy atom. The van der Waals surface area contributed by atoms with E-state index in [-0.39, 0.29) is 5.54 Å². The molecule has 1 amide bonds. The Bertz CT molecular complexity index is 1100. The van der Waals surface area contributed by atoms with Crippen LogP contribution in [-0.2, 0) is 12.1 Å². The number of rotatable bonds is 4. The largest absolute Gasteiger partial charge is 0.503 e. The zero-order chi connectivity index (χ0) is 19.2. The van der Waals surface area contributed by atoms with Crippen molar-refractivity contribution in [1.82, 2.24) is 19.3 Å². The van der Waals surface area contributed by atoms with Crippen molar-refractivity contribution in [2.75, 3.05) is 0 Å². The van der Waals surface area contributed by atoms with Crippen LogP contribution in [0.4, 0.5) is 0 Å². The molecule has 0 bridgehead atoms. The zero-order valence-corrected chi connectivity index (χ0v) is 15.2. The molecule has 1 aliphatic rings. The number of carbonyl (C=O) groups excluding carboxylic acids is 1. The lowest BCUT2D eigenvalue weighted by Crippen LogP contribution is -2.37. The van der Waals surface area contributed by atoms with Crippen LogP contribution in [0.3, 0.4) is 0 Å². The monoisotopic (exact) mass is 387 g/mol. The lowest BCUT2D eigenvalue weighted by atomic mass is 9.97. The molecule has 9 heteroatoms. The van der Waals surface area contributed by atoms with Gasteiger partial charge in [0.15, 0.2) is 11.4 Å². The van der Waals surface area contributed by atoms with Crippen LogP contribution < -0.4 is 11.2 Å². The molecule has 3 heterocycles. The first kappa shape index (κ1) is 17.5. The highest BCUT2D eigenvalue weighted by Gasteiger charge is 2.38. The highest BCUT2D eigenvalue weighted by molar-refractivity contribution is 6.35. The highest BCUT2D eigenvalue weighted by Crippen LogP contribution is 2.41. The van der Waals surface area contributed by atoms with Crippen molar-refractivity contribution < 1.29 is 9.90 Å². The molecule has 0 saturated heterocycles. The van der Waals surface area contributed by atoms with Gasteiger partial charge in [0.2, 0.25) is 0 Å². The molecular formula is C18H18ClN5O3. The van der Waals surface area contributed by atoms with Gasteiger partial charge >= 0.3 is 0 Å². The van der Waals surface area contributed by atoms with Crippen molar-refractivity contribution in [2.24, 2.45) is 5.73 Å². The fraction of sp³-hybridized carbons (Fsp3) is 0.333. The highest BCUT2D eigenvalue weighted by atomic mass is 35.5. The van der Waals surface area contributed by atoms with E-state index in [4.69, 9.17) is 17.3 Å². The van der Waals surface area contributed by atoms with Crippen molar-refractivity contribution in [2.45, 2.75) is 37.8 Å². The Kier molecular flexibility index (Phi) is 4.15. The van der Waals surface area contributed by atoms with Gasteiger partial charge < -0.3 is 15.4 Å². The molecule has 0 aliphatic heterocycles. The number of pyridine rings is 1. The summed E-state index contributed by atoms with van der Waals surface area (Å²) in [6.45, 7) is 0.345. The second-order valence-electron chi connectivity index (χ2n) is 6.91. The molecule has 0 spiro atoms. The van der Waals surface area contributed by atoms with Crippen molar-refractivity contribution in [3.05, 3.63) is 51.7 Å². The summed E-state index contributed by atoms with van der Waals surface area (Å²) < 4.78 is 3.46. The summed E-state index contributed by atoms with van der Waals surface area (Å²) in [5.41, 5.74) is 4.27. The van der Waals surface area contributed by atoms with Crippen LogP contribution in [0, 0.1) is 0 Å². The molecule has 0 atom stereocenters. The maximum atomic E-state index is 11.9. The van der Waals surface area contributed by atoms with E-state index in [9.17, 15) is 14.7 Å². The molecule has 1 fully saturated rings. The molecule has 0 unspecified atom stereocenters. The molecule has 1 saturated carbocycles. The van der Waals surface area contributed by atoms with Gasteiger partial charge in [-0.3, -0.25) is 14.3 Å². The Morgan fingerprint density at radius 1 is 1.33 bits per heavy atom. The van der Waals surface area contributed by atoms with Gasteiger partial charge in [0.1, 0.15) is 5.65 Å². The number of nitrogens with zero attached hydrogens (tertiary/aromatic N) is 4. The van der Waals surface area contributed by atoms with Gasteiger partial charge in [-0.2, -0.15) is 5.10 Å². The average Bonchev–Trinajstić information content (AvgIpc) is 3.24. The Balaban J connectivity index is 1.84. The number of fused-ring (bicyclic) bond motifs is 1. The molecule has 140 valence electrons. The number of primary amides is 1. The van der Waals surface area contributed by atoms with Gasteiger partial charge in [0.05, 0.1) is 23.3 Å². The van der Waals surface area contributed by atoms with E-state index in [0.29, 0.717) is 11.6 Å². The first-order chi connectivity index (χ1) is 12.9. The topological polar surface area (TPSA) is 116 Å². The first-order valence-corrected chi connectivity index (χ1v) is 9.02. The van der Waals surface area contributed by atoms with E-state index in [1.165, 1.54) is 10.9 Å². The minimum Gasteiger partial charge on any atom is -0.503 e. The molecular weight excluding hydrogens is 370 g/mol. The lowest BCUT2D eigenvalue weighted by molar-refractivity contribution is 0.0990. The summed E-state index contributed by atoms with van der Waals surface area (Å²) in [4.78, 5) is 27.8. The Morgan fingerprint density at radius 3 is 2.78 bits per heavy atom. The molecule has 8 nitrogen and oxygen atoms in total. The molecule has 0 aromatic carbocycles. The summed E-state index contributed by atoms with van der Waals surface area (Å²) in [6.07, 6.45) is 8.54. The van der Waals surface area contributed by atoms with Gasteiger partial charge in [-0.25, -0.2) is 4.98 Å². The predicted octanol–water partition coefficient (Wildman–Crippen LogP) is 2.02. The predicted molar refractivity (Wildman–Crippen MR) is 99.9 cm³/mol. The summed E-state index contributed by atoms with van der Waals surface area (Å²) in [7, 11) is 0. The number of amides is 1. The van der Waals surface area contributed by atoms with Crippen LogP contribution >= 0.6 is 11.6 Å². The van der Waals surface area contributed by atoms with E-state index in [2.05, 4.69) is 14.6 Å². The minimum atomic E-state index is -0.971. The molecule has 27 heavy (non-hydrogen) atoms. The zero-order valence-electron chi connectivity index (χ0n) is 14.4. The van der Waals surface area contributed by atoms with E-state index in [1.54, 1.807) is 6.20 Å². The number of carbonyl (C=O) groups is 1. The van der Waals surface area contributed by atoms with Gasteiger partial charge in [-0.05, 0) is 25.0 Å². The summed E-state index contributed by atoms with van der Waals surface area (Å²) >= 11 is 6.41. The number of aromatic nitrogens is 4. The number of aromatic hydroxyl groups is 1. The van der Waals surface area contributed by atoms with E-state index >= 15 is 0 Å². The van der Waals surface area contributed by atoms with Gasteiger partial charge in [-0.15, -0.1) is 0 Å². The number of halogens is 1. The Labute approximate surface area is 159 Å². The maximum Gasteiger partial charge on any atom is 0.273 e. The van der Waals surface area contributed by atoms with E-state index in [0.717, 1.165) is 36.7 Å². The van der Waals surface area contributed by atoms with Crippen molar-refractivity contribution >= 4 is 28.5 Å². The van der Waals surface area contributed by atoms with Gasteiger partial charge in [0.25, 0.3) is 11.3 Å². The number of hydrogen-bond acceptors (Lipinski definition) is 5. The summed E-state index contributed by atoms with van der Waals surface area (Å²) in [5, 5.41) is 15.4. The van der Waals surface area contributed by atoms with Gasteiger partial charge in [0, 0.05) is 17.8 Å². The fourth-order valence-electron chi connectivity index (χ4n) is 3.96. The number of hydrogen-bond donors (Lipinski definition) is 2. The molecule has 3 N–H and O–H groups in total. The molecule has 3 aromatic rings. The first-order valence-electron chi connectivity index (χ1n) is 8.64. The van der Waals surface area contributed by atoms with Crippen molar-refractivity contribution in [3.8, 4) is 5.75 Å². The van der Waals surface area contributed by atoms with Crippen LogP contribution in [0.2, 0.25) is 5.02 Å². The normalized spacial score (nSPS) is 16.0. The molecule has 0 radical (unpaired) electrons. The van der Waals surface area contributed by atoms with Crippen molar-refractivity contribution in [3.63, 3.8) is 0 Å². The van der Waals surface area contributed by atoms with E-state index < -0.39 is 22.8 Å². The second kappa shape index (κ2) is 6.38. The third-order valence-corrected chi connectivity index (χ3v) is 5.50. The smallest absolute Gasteiger partial charge is 0.273 e. The second-order valence-corrected chi connectivity index (χ2v) is 7.31. The minimum absolute atomic E-state index is 0.345. The summed E-state index contributed by atoms with van der Waals surface area (Å²) in [5.74, 6) is -1.53. The maximum absolute atomic E-state index is 11.9. The lowest BCUT2D eigenvalue weighted by Gasteiger charge is -2.32. The summed E-state index contributed by atoms with van der Waals surface area (Å²) in [6, 6.07) is 3.75. The van der Waals surface area contributed by atoms with Crippen LogP contribution in [0.5, 0.6) is 5.75 Å². The van der Waals surface area contributed by atoms with Crippen molar-refractivity contribution in [1.29, 1.82) is 0 Å². The molecule has 4 rings (SSSR count). The van der Waals surface area contributed by atoms with Gasteiger partial charge in [-0.1, -0.05) is 24.4 Å². The molecule has 1 aliphatic carbocycles. The SMILES string of the molecule is NC(=O)c1nn(CC2(n3cc(Cl)c4cccnc43)CCCC2)cc(O)c1=O. The molecule has 3 aromatic heterocycles.